The molecule has 27 heavy (non-hydrogen) atoms. The topological polar surface area (TPSA) is 111 Å². The van der Waals surface area contributed by atoms with Gasteiger partial charge in [-0.3, -0.25) is 4.79 Å². The number of ether oxygens (including phenoxy) is 1. The summed E-state index contributed by atoms with van der Waals surface area (Å²) in [5.41, 5.74) is 1.43. The van der Waals surface area contributed by atoms with Gasteiger partial charge in [-0.15, -0.1) is 0 Å². The van der Waals surface area contributed by atoms with Crippen LogP contribution < -0.4 is 0 Å². The van der Waals surface area contributed by atoms with Crippen LogP contribution in [-0.4, -0.2) is 53.0 Å². The summed E-state index contributed by atoms with van der Waals surface area (Å²) in [5.74, 6) is -0.924. The second kappa shape index (κ2) is 7.69. The van der Waals surface area contributed by atoms with Crippen molar-refractivity contribution in [3.05, 3.63) is 46.5 Å². The third-order valence-electron chi connectivity index (χ3n) is 4.26. The Bertz CT molecular complexity index is 992. The average Bonchev–Trinajstić information content (AvgIpc) is 3.32. The van der Waals surface area contributed by atoms with E-state index in [-0.39, 0.29) is 35.1 Å². The van der Waals surface area contributed by atoms with Crippen LogP contribution in [0, 0.1) is 6.92 Å². The molecule has 0 aromatic carbocycles. The Balaban J connectivity index is 1.65. The molecule has 1 aliphatic rings. The molecule has 3 heterocycles. The van der Waals surface area contributed by atoms with Crippen LogP contribution in [0.5, 0.6) is 0 Å². The molecule has 8 nitrogen and oxygen atoms in total. The second-order valence-corrected chi connectivity index (χ2v) is 8.83. The van der Waals surface area contributed by atoms with E-state index >= 15 is 0 Å². The number of hydrogen-bond acceptors (Lipinski definition) is 6. The Morgan fingerprint density at radius 3 is 2.89 bits per heavy atom. The third kappa shape index (κ3) is 4.48. The first-order chi connectivity index (χ1) is 12.8. The van der Waals surface area contributed by atoms with Crippen molar-refractivity contribution in [2.45, 2.75) is 19.4 Å². The number of Topliss-reactive ketones (excluding diaryl/α,β-unsaturated/α-hetero) is 1. The lowest BCUT2D eigenvalue weighted by atomic mass is 10.2. The van der Waals surface area contributed by atoms with Gasteiger partial charge in [-0.2, -0.15) is 5.10 Å². The number of hydrogen-bond donors (Lipinski definition) is 1. The van der Waals surface area contributed by atoms with Crippen LogP contribution in [0.1, 0.15) is 34.2 Å². The van der Waals surface area contributed by atoms with Crippen LogP contribution in [0.3, 0.4) is 0 Å². The van der Waals surface area contributed by atoms with E-state index in [0.29, 0.717) is 23.4 Å². The summed E-state index contributed by atoms with van der Waals surface area (Å²) in [6.45, 7) is 1.33. The molecule has 0 bridgehead atoms. The molecular weight excluding hydrogens is 394 g/mol. The van der Waals surface area contributed by atoms with Crippen LogP contribution in [-0.2, 0) is 19.4 Å². The largest absolute Gasteiger partial charge is 0.454 e. The monoisotopic (exact) mass is 411 g/mol. The molecule has 1 atom stereocenters. The van der Waals surface area contributed by atoms with Gasteiger partial charge in [0.2, 0.25) is 5.78 Å². The minimum absolute atomic E-state index is 0.000108. The number of aryl methyl sites for hydroxylation is 1. The standard InChI is InChI=1S/C17H18ClN3O5S/c1-11-13(17(18)21(20-11)12-6-8-27(24,25)10-12)4-5-16(23)26-9-15(22)14-3-2-7-19-14/h2-5,7,12,19H,6,8-10H2,1H3/b5-4+/t12-/m1/s1. The minimum Gasteiger partial charge on any atom is -0.454 e. The summed E-state index contributed by atoms with van der Waals surface area (Å²) < 4.78 is 29.7. The van der Waals surface area contributed by atoms with E-state index in [2.05, 4.69) is 10.1 Å². The first-order valence-corrected chi connectivity index (χ1v) is 10.4. The lowest BCUT2D eigenvalue weighted by Gasteiger charge is -2.09. The fourth-order valence-electron chi connectivity index (χ4n) is 2.85. The van der Waals surface area contributed by atoms with Gasteiger partial charge in [0.05, 0.1) is 28.9 Å². The maximum absolute atomic E-state index is 11.8. The molecule has 2 aromatic heterocycles. The van der Waals surface area contributed by atoms with E-state index in [4.69, 9.17) is 16.3 Å². The van der Waals surface area contributed by atoms with Crippen molar-refractivity contribution < 1.29 is 22.7 Å². The van der Waals surface area contributed by atoms with E-state index in [0.717, 1.165) is 6.08 Å². The zero-order valence-corrected chi connectivity index (χ0v) is 16.1. The number of ketones is 1. The highest BCUT2D eigenvalue weighted by Crippen LogP contribution is 2.30. The molecule has 2 aromatic rings. The quantitative estimate of drug-likeness (QED) is 0.442. The lowest BCUT2D eigenvalue weighted by molar-refractivity contribution is -0.136. The highest BCUT2D eigenvalue weighted by Gasteiger charge is 2.31. The van der Waals surface area contributed by atoms with Crippen LogP contribution in [0.15, 0.2) is 24.4 Å². The van der Waals surface area contributed by atoms with E-state index in [1.54, 1.807) is 25.3 Å². The molecule has 10 heteroatoms. The first-order valence-electron chi connectivity index (χ1n) is 8.23. The molecule has 1 saturated heterocycles. The maximum atomic E-state index is 11.8. The Kier molecular flexibility index (Phi) is 5.52. The predicted octanol–water partition coefficient (Wildman–Crippen LogP) is 1.97. The molecule has 1 fully saturated rings. The van der Waals surface area contributed by atoms with Gasteiger partial charge in [0.1, 0.15) is 5.15 Å². The van der Waals surface area contributed by atoms with Gasteiger partial charge in [-0.1, -0.05) is 11.6 Å². The number of aromatic amines is 1. The van der Waals surface area contributed by atoms with Crippen LogP contribution in [0.2, 0.25) is 5.15 Å². The number of nitrogens with zero attached hydrogens (tertiary/aromatic N) is 2. The molecular formula is C17H18ClN3O5S. The molecule has 3 rings (SSSR count). The number of halogens is 1. The Hall–Kier alpha value is -2.39. The normalized spacial score (nSPS) is 18.8. The summed E-state index contributed by atoms with van der Waals surface area (Å²) in [5, 5.41) is 4.57. The first kappa shape index (κ1) is 19.4. The van der Waals surface area contributed by atoms with Gasteiger partial charge < -0.3 is 9.72 Å². The van der Waals surface area contributed by atoms with Crippen molar-refractivity contribution in [1.29, 1.82) is 0 Å². The number of aromatic nitrogens is 3. The van der Waals surface area contributed by atoms with E-state index in [1.807, 2.05) is 0 Å². The number of carbonyl (C=O) groups is 2. The van der Waals surface area contributed by atoms with E-state index in [9.17, 15) is 18.0 Å². The molecule has 1 aliphatic heterocycles. The van der Waals surface area contributed by atoms with Crippen molar-refractivity contribution in [3.63, 3.8) is 0 Å². The zero-order valence-electron chi connectivity index (χ0n) is 14.5. The van der Waals surface area contributed by atoms with Crippen molar-refractivity contribution >= 4 is 39.3 Å². The highest BCUT2D eigenvalue weighted by molar-refractivity contribution is 7.91. The number of esters is 1. The van der Waals surface area contributed by atoms with Gasteiger partial charge in [0.25, 0.3) is 0 Å². The van der Waals surface area contributed by atoms with Gasteiger partial charge in [0, 0.05) is 17.8 Å². The van der Waals surface area contributed by atoms with Gasteiger partial charge in [-0.25, -0.2) is 17.9 Å². The molecule has 0 aliphatic carbocycles. The SMILES string of the molecule is Cc1nn([C@@H]2CCS(=O)(=O)C2)c(Cl)c1/C=C/C(=O)OCC(=O)c1ccc[nH]1. The average molecular weight is 412 g/mol. The Labute approximate surface area is 161 Å². The number of rotatable bonds is 6. The summed E-state index contributed by atoms with van der Waals surface area (Å²) in [7, 11) is -3.07. The fraction of sp³-hybridized carbons (Fsp3) is 0.353. The summed E-state index contributed by atoms with van der Waals surface area (Å²) >= 11 is 6.33. The summed E-state index contributed by atoms with van der Waals surface area (Å²) in [4.78, 5) is 26.4. The third-order valence-corrected chi connectivity index (χ3v) is 6.38. The molecule has 1 N–H and O–H groups in total. The fourth-order valence-corrected chi connectivity index (χ4v) is 4.92. The van der Waals surface area contributed by atoms with Crippen LogP contribution in [0.4, 0.5) is 0 Å². The number of carbonyl (C=O) groups excluding carboxylic acids is 2. The second-order valence-electron chi connectivity index (χ2n) is 6.24. The van der Waals surface area contributed by atoms with E-state index in [1.165, 1.54) is 10.8 Å². The molecule has 0 unspecified atom stereocenters. The highest BCUT2D eigenvalue weighted by atomic mass is 35.5. The number of H-pyrrole nitrogens is 1. The number of nitrogens with one attached hydrogen (secondary N) is 1. The molecule has 0 radical (unpaired) electrons. The zero-order chi connectivity index (χ0) is 19.6. The maximum Gasteiger partial charge on any atom is 0.331 e. The van der Waals surface area contributed by atoms with Crippen molar-refractivity contribution in [2.24, 2.45) is 0 Å². The summed E-state index contributed by atoms with van der Waals surface area (Å²) in [6, 6.07) is 2.95. The van der Waals surface area contributed by atoms with Crippen molar-refractivity contribution in [2.75, 3.05) is 18.1 Å². The number of sulfone groups is 1. The van der Waals surface area contributed by atoms with Crippen LogP contribution in [0.25, 0.3) is 6.08 Å². The van der Waals surface area contributed by atoms with Crippen molar-refractivity contribution in [3.8, 4) is 0 Å². The molecule has 144 valence electrons. The molecule has 0 spiro atoms. The van der Waals surface area contributed by atoms with Crippen LogP contribution >= 0.6 is 11.6 Å². The van der Waals surface area contributed by atoms with Crippen molar-refractivity contribution in [1.82, 2.24) is 14.8 Å². The van der Waals surface area contributed by atoms with Gasteiger partial charge in [-0.05, 0) is 31.6 Å². The smallest absolute Gasteiger partial charge is 0.331 e. The van der Waals surface area contributed by atoms with Gasteiger partial charge in [0.15, 0.2) is 16.4 Å². The Morgan fingerprint density at radius 2 is 2.26 bits per heavy atom. The molecule has 0 amide bonds. The van der Waals surface area contributed by atoms with E-state index < -0.39 is 15.8 Å². The Morgan fingerprint density at radius 1 is 1.48 bits per heavy atom. The van der Waals surface area contributed by atoms with Gasteiger partial charge >= 0.3 is 5.97 Å². The predicted molar refractivity (Wildman–Crippen MR) is 99.4 cm³/mol. The summed E-state index contributed by atoms with van der Waals surface area (Å²) in [6.07, 6.45) is 4.67. The lowest BCUT2D eigenvalue weighted by Crippen LogP contribution is -2.13. The molecule has 0 saturated carbocycles. The minimum atomic E-state index is -3.07.